The summed E-state index contributed by atoms with van der Waals surface area (Å²) in [4.78, 5) is 31.7. The normalized spacial score (nSPS) is 17.8. The summed E-state index contributed by atoms with van der Waals surface area (Å²) >= 11 is 5.90. The molecule has 2 saturated heterocycles. The molecule has 0 bridgehead atoms. The zero-order valence-corrected chi connectivity index (χ0v) is 20.2. The molecule has 2 aliphatic rings. The van der Waals surface area contributed by atoms with Crippen LogP contribution in [-0.4, -0.2) is 78.9 Å². The van der Waals surface area contributed by atoms with Gasteiger partial charge in [0.25, 0.3) is 0 Å². The molecule has 7 heteroatoms. The number of halogens is 1. The van der Waals surface area contributed by atoms with E-state index in [4.69, 9.17) is 16.3 Å². The van der Waals surface area contributed by atoms with Gasteiger partial charge in [-0.05, 0) is 48.7 Å². The number of hydrogen-bond donors (Lipinski definition) is 0. The Morgan fingerprint density at radius 1 is 0.882 bits per heavy atom. The minimum atomic E-state index is 0.0157. The highest BCUT2D eigenvalue weighted by atomic mass is 35.5. The van der Waals surface area contributed by atoms with Gasteiger partial charge in [0.15, 0.2) is 0 Å². The minimum Gasteiger partial charge on any atom is -0.492 e. The number of benzene rings is 2. The van der Waals surface area contributed by atoms with E-state index in [1.807, 2.05) is 70.5 Å². The van der Waals surface area contributed by atoms with Gasteiger partial charge in [0, 0.05) is 62.8 Å². The number of hydrogen-bond acceptors (Lipinski definition) is 4. The lowest BCUT2D eigenvalue weighted by Gasteiger charge is -2.38. The fourth-order valence-corrected chi connectivity index (χ4v) is 4.58. The van der Waals surface area contributed by atoms with Crippen molar-refractivity contribution in [2.45, 2.75) is 12.8 Å². The summed E-state index contributed by atoms with van der Waals surface area (Å²) in [7, 11) is 0. The van der Waals surface area contributed by atoms with Crippen LogP contribution in [0.4, 0.5) is 0 Å². The van der Waals surface area contributed by atoms with E-state index in [9.17, 15) is 9.59 Å². The summed E-state index contributed by atoms with van der Waals surface area (Å²) in [6, 6.07) is 17.2. The number of rotatable bonds is 7. The molecule has 0 saturated carbocycles. The summed E-state index contributed by atoms with van der Waals surface area (Å²) in [6.45, 7) is 5.93. The number of ether oxygens (including phenoxy) is 1. The molecule has 0 unspecified atom stereocenters. The van der Waals surface area contributed by atoms with E-state index in [1.165, 1.54) is 0 Å². The van der Waals surface area contributed by atoms with E-state index in [0.717, 1.165) is 56.9 Å². The zero-order chi connectivity index (χ0) is 23.8. The van der Waals surface area contributed by atoms with Crippen LogP contribution in [-0.2, 0) is 9.59 Å². The predicted molar refractivity (Wildman–Crippen MR) is 135 cm³/mol. The summed E-state index contributed by atoms with van der Waals surface area (Å²) in [5.41, 5.74) is 1.01. The summed E-state index contributed by atoms with van der Waals surface area (Å²) in [6.07, 6.45) is 4.95. The molecule has 0 radical (unpaired) electrons. The van der Waals surface area contributed by atoms with Gasteiger partial charge in [-0.3, -0.25) is 14.5 Å². The molecule has 6 nitrogen and oxygen atoms in total. The quantitative estimate of drug-likeness (QED) is 0.564. The molecular weight excluding hydrogens is 450 g/mol. The van der Waals surface area contributed by atoms with Gasteiger partial charge in [0.1, 0.15) is 12.4 Å². The topological polar surface area (TPSA) is 53.1 Å². The Hall–Kier alpha value is -2.83. The number of piperazine rings is 1. The van der Waals surface area contributed by atoms with Crippen LogP contribution in [0, 0.1) is 5.92 Å². The second kappa shape index (κ2) is 12.0. The summed E-state index contributed by atoms with van der Waals surface area (Å²) in [5, 5.41) is 0.699. The third-order valence-corrected chi connectivity index (χ3v) is 6.80. The maximum Gasteiger partial charge on any atom is 0.246 e. The Balaban J connectivity index is 1.14. The second-order valence-electron chi connectivity index (χ2n) is 8.81. The van der Waals surface area contributed by atoms with Crippen molar-refractivity contribution in [3.8, 4) is 5.75 Å². The van der Waals surface area contributed by atoms with Gasteiger partial charge in [0.05, 0.1) is 0 Å². The fourth-order valence-electron chi connectivity index (χ4n) is 4.46. The molecule has 2 aromatic carbocycles. The summed E-state index contributed by atoms with van der Waals surface area (Å²) in [5.74, 6) is 1.09. The van der Waals surface area contributed by atoms with Crippen LogP contribution < -0.4 is 4.74 Å². The number of likely N-dealkylation sites (tertiary alicyclic amines) is 1. The van der Waals surface area contributed by atoms with Gasteiger partial charge >= 0.3 is 0 Å². The Kier molecular flexibility index (Phi) is 8.61. The summed E-state index contributed by atoms with van der Waals surface area (Å²) < 4.78 is 5.79. The molecule has 0 atom stereocenters. The average Bonchev–Trinajstić information content (AvgIpc) is 2.89. The SMILES string of the molecule is O=C(/C=C/c1ccccc1)N1CCC(C(=O)N2CCN(CCOc3ccc(Cl)cc3)CC2)CC1. The lowest BCUT2D eigenvalue weighted by Crippen LogP contribution is -2.52. The number of nitrogens with zero attached hydrogens (tertiary/aromatic N) is 3. The third-order valence-electron chi connectivity index (χ3n) is 6.55. The largest absolute Gasteiger partial charge is 0.492 e. The van der Waals surface area contributed by atoms with Crippen LogP contribution in [0.25, 0.3) is 6.08 Å². The highest BCUT2D eigenvalue weighted by Gasteiger charge is 2.31. The molecule has 180 valence electrons. The Morgan fingerprint density at radius 3 is 2.24 bits per heavy atom. The van der Waals surface area contributed by atoms with Crippen LogP contribution in [0.5, 0.6) is 5.75 Å². The van der Waals surface area contributed by atoms with Crippen molar-refractivity contribution in [1.29, 1.82) is 0 Å². The third kappa shape index (κ3) is 6.84. The minimum absolute atomic E-state index is 0.0157. The van der Waals surface area contributed by atoms with Crippen molar-refractivity contribution in [3.63, 3.8) is 0 Å². The highest BCUT2D eigenvalue weighted by Crippen LogP contribution is 2.21. The average molecular weight is 482 g/mol. The molecule has 0 aliphatic carbocycles. The van der Waals surface area contributed by atoms with Crippen molar-refractivity contribution < 1.29 is 14.3 Å². The molecule has 2 amide bonds. The monoisotopic (exact) mass is 481 g/mol. The van der Waals surface area contributed by atoms with E-state index in [-0.39, 0.29) is 17.7 Å². The number of carbonyl (C=O) groups is 2. The van der Waals surface area contributed by atoms with Crippen molar-refractivity contribution in [2.75, 3.05) is 52.4 Å². The molecule has 2 fully saturated rings. The first-order chi connectivity index (χ1) is 16.6. The van der Waals surface area contributed by atoms with Crippen molar-refractivity contribution in [3.05, 3.63) is 71.3 Å². The first-order valence-corrected chi connectivity index (χ1v) is 12.4. The van der Waals surface area contributed by atoms with E-state index in [2.05, 4.69) is 4.90 Å². The zero-order valence-electron chi connectivity index (χ0n) is 19.4. The van der Waals surface area contributed by atoms with E-state index < -0.39 is 0 Å². The first kappa shape index (κ1) is 24.3. The molecule has 34 heavy (non-hydrogen) atoms. The van der Waals surface area contributed by atoms with Crippen LogP contribution in [0.15, 0.2) is 60.7 Å². The molecule has 2 aromatic rings. The maximum absolute atomic E-state index is 13.0. The molecule has 0 spiro atoms. The van der Waals surface area contributed by atoms with Gasteiger partial charge in [-0.1, -0.05) is 41.9 Å². The molecule has 2 aliphatic heterocycles. The molecule has 4 rings (SSSR count). The van der Waals surface area contributed by atoms with Crippen LogP contribution in [0.3, 0.4) is 0 Å². The van der Waals surface area contributed by atoms with Gasteiger partial charge < -0.3 is 14.5 Å². The van der Waals surface area contributed by atoms with Crippen molar-refractivity contribution in [2.24, 2.45) is 5.92 Å². The highest BCUT2D eigenvalue weighted by molar-refractivity contribution is 6.30. The molecule has 0 N–H and O–H groups in total. The van der Waals surface area contributed by atoms with Gasteiger partial charge in [-0.15, -0.1) is 0 Å². The molecule has 2 heterocycles. The van der Waals surface area contributed by atoms with Gasteiger partial charge in [-0.25, -0.2) is 0 Å². The van der Waals surface area contributed by atoms with E-state index >= 15 is 0 Å². The van der Waals surface area contributed by atoms with E-state index in [0.29, 0.717) is 24.7 Å². The lowest BCUT2D eigenvalue weighted by molar-refractivity contribution is -0.140. The Morgan fingerprint density at radius 2 is 1.56 bits per heavy atom. The lowest BCUT2D eigenvalue weighted by atomic mass is 9.95. The Labute approximate surface area is 206 Å². The van der Waals surface area contributed by atoms with Crippen molar-refractivity contribution in [1.82, 2.24) is 14.7 Å². The number of piperidine rings is 1. The predicted octanol–water partition coefficient (Wildman–Crippen LogP) is 3.82. The number of carbonyl (C=O) groups excluding carboxylic acids is 2. The van der Waals surface area contributed by atoms with Crippen LogP contribution in [0.1, 0.15) is 18.4 Å². The van der Waals surface area contributed by atoms with Crippen LogP contribution in [0.2, 0.25) is 5.02 Å². The van der Waals surface area contributed by atoms with Crippen molar-refractivity contribution >= 4 is 29.5 Å². The Bertz CT molecular complexity index is 964. The maximum atomic E-state index is 13.0. The second-order valence-corrected chi connectivity index (χ2v) is 9.25. The standard InChI is InChI=1S/C27H32ClN3O3/c28-24-7-9-25(10-8-24)34-21-20-29-16-18-31(19-17-29)27(33)23-12-14-30(15-13-23)26(32)11-6-22-4-2-1-3-5-22/h1-11,23H,12-21H2/b11-6+. The van der Waals surface area contributed by atoms with Gasteiger partial charge in [0.2, 0.25) is 11.8 Å². The number of amides is 2. The smallest absolute Gasteiger partial charge is 0.246 e. The molecular formula is C27H32ClN3O3. The van der Waals surface area contributed by atoms with Crippen LogP contribution >= 0.6 is 11.6 Å². The van der Waals surface area contributed by atoms with Gasteiger partial charge in [-0.2, -0.15) is 0 Å². The first-order valence-electron chi connectivity index (χ1n) is 12.0. The van der Waals surface area contributed by atoms with E-state index in [1.54, 1.807) is 6.08 Å². The molecule has 0 aromatic heterocycles. The fraction of sp³-hybridized carbons (Fsp3) is 0.407.